The van der Waals surface area contributed by atoms with E-state index in [0.29, 0.717) is 0 Å². The van der Waals surface area contributed by atoms with Crippen LogP contribution >= 0.6 is 15.9 Å². The summed E-state index contributed by atoms with van der Waals surface area (Å²) in [5, 5.41) is 3.29. The van der Waals surface area contributed by atoms with Gasteiger partial charge in [-0.05, 0) is 47.3 Å². The first-order valence-electron chi connectivity index (χ1n) is 6.17. The third kappa shape index (κ3) is 6.03. The Bertz CT molecular complexity index is 331. The van der Waals surface area contributed by atoms with Crippen molar-refractivity contribution in [3.8, 4) is 0 Å². The van der Waals surface area contributed by atoms with Gasteiger partial charge in [0.1, 0.15) is 5.82 Å². The van der Waals surface area contributed by atoms with Gasteiger partial charge in [0.25, 0.3) is 0 Å². The summed E-state index contributed by atoms with van der Waals surface area (Å²) in [7, 11) is 0. The van der Waals surface area contributed by atoms with Crippen LogP contribution in [0, 0.1) is 6.92 Å². The summed E-state index contributed by atoms with van der Waals surface area (Å²) < 4.78 is 6.51. The average molecular weight is 301 g/mol. The van der Waals surface area contributed by atoms with E-state index in [-0.39, 0.29) is 0 Å². The fourth-order valence-electron chi connectivity index (χ4n) is 1.39. The molecule has 0 fully saturated rings. The molecule has 0 spiro atoms. The molecule has 0 aliphatic rings. The van der Waals surface area contributed by atoms with E-state index < -0.39 is 0 Å². The Kier molecular flexibility index (Phi) is 7.21. The Morgan fingerprint density at radius 2 is 2.12 bits per heavy atom. The second kappa shape index (κ2) is 8.48. The molecule has 0 aliphatic heterocycles. The number of nitrogens with zero attached hydrogens (tertiary/aromatic N) is 1. The molecule has 0 aromatic carbocycles. The molecule has 1 aromatic rings. The van der Waals surface area contributed by atoms with E-state index in [0.717, 1.165) is 48.5 Å². The van der Waals surface area contributed by atoms with Gasteiger partial charge < -0.3 is 10.1 Å². The van der Waals surface area contributed by atoms with Crippen molar-refractivity contribution in [2.24, 2.45) is 0 Å². The predicted octanol–water partition coefficient (Wildman–Crippen LogP) is 3.77. The maximum absolute atomic E-state index is 5.49. The molecular formula is C13H21BrN2O. The number of rotatable bonds is 8. The van der Waals surface area contributed by atoms with Crippen LogP contribution in [-0.2, 0) is 4.74 Å². The molecular weight excluding hydrogens is 280 g/mol. The summed E-state index contributed by atoms with van der Waals surface area (Å²) in [5.41, 5.74) is 1.16. The molecule has 17 heavy (non-hydrogen) atoms. The van der Waals surface area contributed by atoms with Gasteiger partial charge in [-0.3, -0.25) is 0 Å². The highest BCUT2D eigenvalue weighted by Gasteiger charge is 2.00. The van der Waals surface area contributed by atoms with Crippen molar-refractivity contribution < 1.29 is 4.74 Å². The van der Waals surface area contributed by atoms with E-state index in [4.69, 9.17) is 4.74 Å². The summed E-state index contributed by atoms with van der Waals surface area (Å²) in [6.45, 7) is 6.79. The smallest absolute Gasteiger partial charge is 0.140 e. The van der Waals surface area contributed by atoms with Crippen molar-refractivity contribution >= 4 is 21.7 Å². The Balaban J connectivity index is 2.14. The molecule has 1 aromatic heterocycles. The number of halogens is 1. The average Bonchev–Trinajstić information content (AvgIpc) is 2.30. The molecule has 96 valence electrons. The minimum Gasteiger partial charge on any atom is -0.381 e. The summed E-state index contributed by atoms with van der Waals surface area (Å²) in [6, 6.07) is 2.06. The van der Waals surface area contributed by atoms with E-state index in [9.17, 15) is 0 Å². The van der Waals surface area contributed by atoms with Crippen LogP contribution in [-0.4, -0.2) is 24.7 Å². The predicted molar refractivity (Wildman–Crippen MR) is 75.5 cm³/mol. The second-order valence-electron chi connectivity index (χ2n) is 4.09. The first-order chi connectivity index (χ1) is 8.24. The van der Waals surface area contributed by atoms with Gasteiger partial charge in [0.05, 0.1) is 4.47 Å². The van der Waals surface area contributed by atoms with Crippen LogP contribution < -0.4 is 5.32 Å². The van der Waals surface area contributed by atoms with Crippen molar-refractivity contribution in [3.05, 3.63) is 22.3 Å². The minimum absolute atomic E-state index is 0.816. The number of aromatic nitrogens is 1. The molecule has 3 nitrogen and oxygen atoms in total. The Morgan fingerprint density at radius 1 is 1.35 bits per heavy atom. The molecule has 0 bridgehead atoms. The fraction of sp³-hybridized carbons (Fsp3) is 0.615. The van der Waals surface area contributed by atoms with Crippen LogP contribution in [0.4, 0.5) is 5.82 Å². The molecule has 0 aliphatic carbocycles. The van der Waals surface area contributed by atoms with Gasteiger partial charge in [-0.15, -0.1) is 0 Å². The van der Waals surface area contributed by atoms with Crippen LogP contribution in [0.1, 0.15) is 31.7 Å². The van der Waals surface area contributed by atoms with Crippen molar-refractivity contribution in [1.82, 2.24) is 4.98 Å². The Labute approximate surface area is 112 Å². The fourth-order valence-corrected chi connectivity index (χ4v) is 2.00. The Hall–Kier alpha value is -0.610. The summed E-state index contributed by atoms with van der Waals surface area (Å²) >= 11 is 3.49. The lowest BCUT2D eigenvalue weighted by Gasteiger charge is -2.08. The normalized spacial score (nSPS) is 10.5. The van der Waals surface area contributed by atoms with Gasteiger partial charge >= 0.3 is 0 Å². The molecule has 1 rings (SSSR count). The largest absolute Gasteiger partial charge is 0.381 e. The van der Waals surface area contributed by atoms with E-state index in [1.165, 1.54) is 6.42 Å². The van der Waals surface area contributed by atoms with Gasteiger partial charge in [0.2, 0.25) is 0 Å². The Morgan fingerprint density at radius 3 is 2.82 bits per heavy atom. The quantitative estimate of drug-likeness (QED) is 0.742. The van der Waals surface area contributed by atoms with Gasteiger partial charge in [-0.2, -0.15) is 0 Å². The maximum Gasteiger partial charge on any atom is 0.140 e. The number of unbranched alkanes of at least 4 members (excludes halogenated alkanes) is 1. The monoisotopic (exact) mass is 300 g/mol. The lowest BCUT2D eigenvalue weighted by atomic mass is 10.3. The van der Waals surface area contributed by atoms with Crippen molar-refractivity contribution in [2.45, 2.75) is 33.1 Å². The third-order valence-corrected chi connectivity index (χ3v) is 2.98. The molecule has 1 N–H and O–H groups in total. The zero-order chi connectivity index (χ0) is 12.5. The van der Waals surface area contributed by atoms with Gasteiger partial charge in [-0.1, -0.05) is 13.3 Å². The van der Waals surface area contributed by atoms with E-state index in [1.807, 2.05) is 13.1 Å². The lowest BCUT2D eigenvalue weighted by Crippen LogP contribution is -2.07. The minimum atomic E-state index is 0.816. The van der Waals surface area contributed by atoms with Crippen molar-refractivity contribution in [1.29, 1.82) is 0 Å². The highest BCUT2D eigenvalue weighted by molar-refractivity contribution is 9.10. The zero-order valence-electron chi connectivity index (χ0n) is 10.6. The number of pyridine rings is 1. The number of anilines is 1. The van der Waals surface area contributed by atoms with Crippen LogP contribution in [0.25, 0.3) is 0 Å². The summed E-state index contributed by atoms with van der Waals surface area (Å²) in [6.07, 6.45) is 5.22. The molecule has 0 saturated heterocycles. The van der Waals surface area contributed by atoms with Crippen LogP contribution in [0.5, 0.6) is 0 Å². The van der Waals surface area contributed by atoms with Gasteiger partial charge in [-0.25, -0.2) is 4.98 Å². The highest BCUT2D eigenvalue weighted by atomic mass is 79.9. The molecule has 0 radical (unpaired) electrons. The van der Waals surface area contributed by atoms with Crippen LogP contribution in [0.2, 0.25) is 0 Å². The molecule has 0 saturated carbocycles. The number of hydrogen-bond acceptors (Lipinski definition) is 3. The summed E-state index contributed by atoms with van der Waals surface area (Å²) in [5.74, 6) is 0.907. The first-order valence-corrected chi connectivity index (χ1v) is 6.97. The zero-order valence-corrected chi connectivity index (χ0v) is 12.2. The number of aryl methyl sites for hydroxylation is 1. The van der Waals surface area contributed by atoms with Gasteiger partial charge in [0, 0.05) is 26.0 Å². The molecule has 0 unspecified atom stereocenters. The third-order valence-electron chi connectivity index (χ3n) is 2.38. The molecule has 0 amide bonds. The second-order valence-corrected chi connectivity index (χ2v) is 4.94. The summed E-state index contributed by atoms with van der Waals surface area (Å²) in [4.78, 5) is 4.33. The molecule has 1 heterocycles. The number of nitrogens with one attached hydrogen (secondary N) is 1. The molecule has 4 heteroatoms. The van der Waals surface area contributed by atoms with E-state index in [2.05, 4.69) is 39.2 Å². The maximum atomic E-state index is 5.49. The highest BCUT2D eigenvalue weighted by Crippen LogP contribution is 2.20. The number of ether oxygens (including phenoxy) is 1. The lowest BCUT2D eigenvalue weighted by molar-refractivity contribution is 0.131. The van der Waals surface area contributed by atoms with E-state index in [1.54, 1.807) is 0 Å². The van der Waals surface area contributed by atoms with Crippen molar-refractivity contribution in [3.63, 3.8) is 0 Å². The van der Waals surface area contributed by atoms with Crippen molar-refractivity contribution in [2.75, 3.05) is 25.1 Å². The first kappa shape index (κ1) is 14.5. The number of hydrogen-bond donors (Lipinski definition) is 1. The SMILES string of the molecule is CCCCOCCCNc1ncc(C)cc1Br. The standard InChI is InChI=1S/C13H21BrN2O/c1-3-4-7-17-8-5-6-15-13-12(14)9-11(2)10-16-13/h9-10H,3-8H2,1-2H3,(H,15,16). The van der Waals surface area contributed by atoms with Crippen LogP contribution in [0.15, 0.2) is 16.7 Å². The van der Waals surface area contributed by atoms with E-state index >= 15 is 0 Å². The van der Waals surface area contributed by atoms with Crippen LogP contribution in [0.3, 0.4) is 0 Å². The van der Waals surface area contributed by atoms with Gasteiger partial charge in [0.15, 0.2) is 0 Å². The molecule has 0 atom stereocenters. The topological polar surface area (TPSA) is 34.1 Å².